The molecule has 0 bridgehead atoms. The van der Waals surface area contributed by atoms with Gasteiger partial charge in [-0.1, -0.05) is 18.2 Å². The Bertz CT molecular complexity index is 1040. The van der Waals surface area contributed by atoms with Crippen molar-refractivity contribution in [1.29, 1.82) is 0 Å². The molecule has 4 rings (SSSR count). The van der Waals surface area contributed by atoms with Gasteiger partial charge in [0.1, 0.15) is 5.82 Å². The zero-order chi connectivity index (χ0) is 19.7. The van der Waals surface area contributed by atoms with E-state index in [1.807, 2.05) is 17.0 Å². The summed E-state index contributed by atoms with van der Waals surface area (Å²) in [5, 5.41) is 10.1. The van der Waals surface area contributed by atoms with E-state index in [0.29, 0.717) is 35.9 Å². The van der Waals surface area contributed by atoms with Crippen LogP contribution in [0.15, 0.2) is 48.5 Å². The molecule has 1 fully saturated rings. The number of carboxylic acid groups (broad SMARTS) is 1. The number of benzene rings is 2. The Morgan fingerprint density at radius 1 is 1.11 bits per heavy atom. The van der Waals surface area contributed by atoms with Crippen molar-refractivity contribution in [2.24, 2.45) is 5.92 Å². The number of thiophene rings is 1. The summed E-state index contributed by atoms with van der Waals surface area (Å²) in [5.41, 5.74) is 1.21. The van der Waals surface area contributed by atoms with Crippen LogP contribution in [-0.2, 0) is 6.42 Å². The van der Waals surface area contributed by atoms with Gasteiger partial charge < -0.3 is 10.0 Å². The van der Waals surface area contributed by atoms with E-state index in [1.54, 1.807) is 24.3 Å². The van der Waals surface area contributed by atoms with E-state index < -0.39 is 5.97 Å². The number of carboxylic acids is 1. The molecule has 1 N–H and O–H groups in total. The van der Waals surface area contributed by atoms with Gasteiger partial charge in [0.2, 0.25) is 0 Å². The fourth-order valence-corrected chi connectivity index (χ4v) is 4.84. The largest absolute Gasteiger partial charge is 0.478 e. The fraction of sp³-hybridized carbons (Fsp3) is 0.273. The standard InChI is InChI=1S/C22H20FNO3S/c23-17-5-6-19-16(12-17)13-20(28-19)21(25)24-9-7-14(8-10-24)11-15-3-1-2-4-18(15)22(26)27/h1-6,12-14H,7-11H2,(H,26,27). The van der Waals surface area contributed by atoms with Crippen molar-refractivity contribution < 1.29 is 19.1 Å². The number of nitrogens with zero attached hydrogens (tertiary/aromatic N) is 1. The number of amides is 1. The highest BCUT2D eigenvalue weighted by Crippen LogP contribution is 2.29. The molecule has 1 aromatic heterocycles. The van der Waals surface area contributed by atoms with Crippen LogP contribution in [0.5, 0.6) is 0 Å². The summed E-state index contributed by atoms with van der Waals surface area (Å²) in [6.07, 6.45) is 2.41. The first-order valence-electron chi connectivity index (χ1n) is 9.31. The van der Waals surface area contributed by atoms with Crippen molar-refractivity contribution in [3.63, 3.8) is 0 Å². The van der Waals surface area contributed by atoms with Crippen LogP contribution in [-0.4, -0.2) is 35.0 Å². The number of carbonyl (C=O) groups excluding carboxylic acids is 1. The summed E-state index contributed by atoms with van der Waals surface area (Å²) >= 11 is 1.39. The third kappa shape index (κ3) is 3.78. The number of likely N-dealkylation sites (tertiary alicyclic amines) is 1. The van der Waals surface area contributed by atoms with Crippen molar-refractivity contribution in [2.45, 2.75) is 19.3 Å². The molecular formula is C22H20FNO3S. The van der Waals surface area contributed by atoms with Gasteiger partial charge >= 0.3 is 5.97 Å². The maximum atomic E-state index is 13.4. The molecule has 3 aromatic rings. The minimum atomic E-state index is -0.899. The molecule has 0 spiro atoms. The number of carbonyl (C=O) groups is 2. The van der Waals surface area contributed by atoms with Crippen LogP contribution in [0.25, 0.3) is 10.1 Å². The van der Waals surface area contributed by atoms with Gasteiger partial charge in [-0.05, 0) is 66.5 Å². The van der Waals surface area contributed by atoms with Gasteiger partial charge in [0.05, 0.1) is 10.4 Å². The summed E-state index contributed by atoms with van der Waals surface area (Å²) in [7, 11) is 0. The zero-order valence-corrected chi connectivity index (χ0v) is 16.0. The number of rotatable bonds is 4. The van der Waals surface area contributed by atoms with Crippen molar-refractivity contribution in [3.8, 4) is 0 Å². The van der Waals surface area contributed by atoms with E-state index in [9.17, 15) is 19.1 Å². The summed E-state index contributed by atoms with van der Waals surface area (Å²) in [6, 6.07) is 13.5. The van der Waals surface area contributed by atoms with Crippen LogP contribution >= 0.6 is 11.3 Å². The van der Waals surface area contributed by atoms with Gasteiger partial charge in [0.15, 0.2) is 0 Å². The molecule has 0 unspecified atom stereocenters. The lowest BCUT2D eigenvalue weighted by molar-refractivity contribution is 0.0694. The van der Waals surface area contributed by atoms with Crippen LogP contribution in [0.4, 0.5) is 4.39 Å². The number of halogens is 1. The highest BCUT2D eigenvalue weighted by Gasteiger charge is 2.25. The van der Waals surface area contributed by atoms with Gasteiger partial charge in [-0.2, -0.15) is 0 Å². The Balaban J connectivity index is 1.41. The van der Waals surface area contributed by atoms with Crippen LogP contribution in [0, 0.1) is 11.7 Å². The second-order valence-electron chi connectivity index (χ2n) is 7.19. The fourth-order valence-electron chi connectivity index (χ4n) is 3.83. The van der Waals surface area contributed by atoms with Crippen molar-refractivity contribution >= 4 is 33.3 Å². The quantitative estimate of drug-likeness (QED) is 0.686. The molecule has 0 radical (unpaired) electrons. The Morgan fingerprint density at radius 3 is 2.61 bits per heavy atom. The lowest BCUT2D eigenvalue weighted by Gasteiger charge is -2.32. The molecule has 0 atom stereocenters. The molecule has 6 heteroatoms. The SMILES string of the molecule is O=C(O)c1ccccc1CC1CCN(C(=O)c2cc3cc(F)ccc3s2)CC1. The van der Waals surface area contributed by atoms with Crippen LogP contribution in [0.3, 0.4) is 0 Å². The van der Waals surface area contributed by atoms with Gasteiger partial charge in [0, 0.05) is 17.8 Å². The summed E-state index contributed by atoms with van der Waals surface area (Å²) < 4.78 is 14.3. The molecule has 1 aliphatic rings. The summed E-state index contributed by atoms with van der Waals surface area (Å²) in [5.74, 6) is -0.844. The monoisotopic (exact) mass is 397 g/mol. The molecule has 2 heterocycles. The summed E-state index contributed by atoms with van der Waals surface area (Å²) in [6.45, 7) is 1.31. The molecule has 1 aliphatic heterocycles. The predicted octanol–water partition coefficient (Wildman–Crippen LogP) is 4.83. The molecular weight excluding hydrogens is 377 g/mol. The first-order chi connectivity index (χ1) is 13.5. The first kappa shape index (κ1) is 18.6. The van der Waals surface area contributed by atoms with Gasteiger partial charge in [-0.3, -0.25) is 4.79 Å². The minimum absolute atomic E-state index is 0.00834. The van der Waals surface area contributed by atoms with Gasteiger partial charge in [0.25, 0.3) is 5.91 Å². The predicted molar refractivity (Wildman–Crippen MR) is 108 cm³/mol. The molecule has 4 nitrogen and oxygen atoms in total. The second-order valence-corrected chi connectivity index (χ2v) is 8.28. The van der Waals surface area contributed by atoms with Crippen LogP contribution in [0.2, 0.25) is 0 Å². The van der Waals surface area contributed by atoms with Crippen molar-refractivity contribution in [3.05, 3.63) is 70.4 Å². The second kappa shape index (κ2) is 7.72. The Kier molecular flexibility index (Phi) is 5.13. The van der Waals surface area contributed by atoms with Crippen LogP contribution in [0.1, 0.15) is 38.4 Å². The average Bonchev–Trinajstić information content (AvgIpc) is 3.11. The highest BCUT2D eigenvalue weighted by atomic mass is 32.1. The highest BCUT2D eigenvalue weighted by molar-refractivity contribution is 7.20. The molecule has 28 heavy (non-hydrogen) atoms. The normalized spacial score (nSPS) is 15.1. The number of aromatic carboxylic acids is 1. The lowest BCUT2D eigenvalue weighted by Crippen LogP contribution is -2.38. The number of hydrogen-bond acceptors (Lipinski definition) is 3. The molecule has 2 aromatic carbocycles. The molecule has 144 valence electrons. The van der Waals surface area contributed by atoms with Crippen molar-refractivity contribution in [1.82, 2.24) is 4.90 Å². The van der Waals surface area contributed by atoms with E-state index in [1.165, 1.54) is 23.5 Å². The third-order valence-corrected chi connectivity index (χ3v) is 6.45. The molecule has 0 aliphatic carbocycles. The number of fused-ring (bicyclic) bond motifs is 1. The third-order valence-electron chi connectivity index (χ3n) is 5.35. The van der Waals surface area contributed by atoms with Gasteiger partial charge in [-0.15, -0.1) is 11.3 Å². The minimum Gasteiger partial charge on any atom is -0.478 e. The number of piperidine rings is 1. The maximum absolute atomic E-state index is 13.4. The summed E-state index contributed by atoms with van der Waals surface area (Å²) in [4.78, 5) is 26.7. The van der Waals surface area contributed by atoms with Crippen LogP contribution < -0.4 is 0 Å². The lowest BCUT2D eigenvalue weighted by atomic mass is 9.88. The molecule has 1 amide bonds. The van der Waals surface area contributed by atoms with E-state index in [2.05, 4.69) is 0 Å². The Hall–Kier alpha value is -2.73. The van der Waals surface area contributed by atoms with Crippen molar-refractivity contribution in [2.75, 3.05) is 13.1 Å². The number of hydrogen-bond donors (Lipinski definition) is 1. The maximum Gasteiger partial charge on any atom is 0.335 e. The van der Waals surface area contributed by atoms with E-state index in [-0.39, 0.29) is 11.7 Å². The molecule has 1 saturated heterocycles. The topological polar surface area (TPSA) is 57.6 Å². The van der Waals surface area contributed by atoms with E-state index in [0.717, 1.165) is 28.5 Å². The van der Waals surface area contributed by atoms with E-state index in [4.69, 9.17) is 0 Å². The smallest absolute Gasteiger partial charge is 0.335 e. The molecule has 0 saturated carbocycles. The Labute approximate surface area is 166 Å². The average molecular weight is 397 g/mol. The van der Waals surface area contributed by atoms with E-state index >= 15 is 0 Å². The first-order valence-corrected chi connectivity index (χ1v) is 10.1. The zero-order valence-electron chi connectivity index (χ0n) is 15.2. The Morgan fingerprint density at radius 2 is 1.86 bits per heavy atom. The van der Waals surface area contributed by atoms with Gasteiger partial charge in [-0.25, -0.2) is 9.18 Å².